The van der Waals surface area contributed by atoms with E-state index in [1.807, 2.05) is 13.8 Å². The molecule has 0 aromatic rings. The molecule has 0 heterocycles. The highest BCUT2D eigenvalue weighted by molar-refractivity contribution is 4.91. The van der Waals surface area contributed by atoms with E-state index in [0.29, 0.717) is 0 Å². The molecule has 0 rings (SSSR count). The van der Waals surface area contributed by atoms with E-state index in [2.05, 4.69) is 11.4 Å². The fourth-order valence-electron chi connectivity index (χ4n) is 1.31. The Balaban J connectivity index is 3.23. The van der Waals surface area contributed by atoms with Crippen molar-refractivity contribution in [2.75, 3.05) is 13.1 Å². The molecule has 3 nitrogen and oxygen atoms in total. The highest BCUT2D eigenvalue weighted by Crippen LogP contribution is 2.21. The summed E-state index contributed by atoms with van der Waals surface area (Å²) in [5.41, 5.74) is -0.181. The second-order valence-electron chi connectivity index (χ2n) is 4.84. The van der Waals surface area contributed by atoms with Crippen LogP contribution < -0.4 is 5.32 Å². The Morgan fingerprint density at radius 3 is 2.53 bits per heavy atom. The Morgan fingerprint density at radius 1 is 1.33 bits per heavy atom. The smallest absolute Gasteiger partial charge is 0.0683 e. The van der Waals surface area contributed by atoms with Gasteiger partial charge in [-0.25, -0.2) is 0 Å². The van der Waals surface area contributed by atoms with Crippen molar-refractivity contribution in [3.8, 4) is 6.07 Å². The summed E-state index contributed by atoms with van der Waals surface area (Å²) in [6, 6.07) is 2.30. The molecule has 0 amide bonds. The maximum Gasteiger partial charge on any atom is 0.0683 e. The molecule has 0 aliphatic rings. The van der Waals surface area contributed by atoms with Gasteiger partial charge in [0.15, 0.2) is 0 Å². The van der Waals surface area contributed by atoms with Gasteiger partial charge < -0.3 is 10.4 Å². The maximum atomic E-state index is 9.02. The zero-order chi connectivity index (χ0) is 11.7. The van der Waals surface area contributed by atoms with Gasteiger partial charge in [-0.2, -0.15) is 5.26 Å². The highest BCUT2D eigenvalue weighted by Gasteiger charge is 2.14. The molecule has 15 heavy (non-hydrogen) atoms. The zero-order valence-corrected chi connectivity index (χ0v) is 10.2. The normalized spacial score (nSPS) is 13.5. The summed E-state index contributed by atoms with van der Waals surface area (Å²) >= 11 is 0. The van der Waals surface area contributed by atoms with Crippen LogP contribution in [0.3, 0.4) is 0 Å². The van der Waals surface area contributed by atoms with Gasteiger partial charge in [-0.05, 0) is 53.1 Å². The third kappa shape index (κ3) is 9.71. The average Bonchev–Trinajstić information content (AvgIpc) is 2.16. The fraction of sp³-hybridized carbons (Fsp3) is 0.917. The molecule has 0 fully saturated rings. The Hall–Kier alpha value is -0.590. The van der Waals surface area contributed by atoms with E-state index in [4.69, 9.17) is 10.4 Å². The number of unbranched alkanes of at least 4 members (excludes halogenated alkanes) is 1. The number of nitrogens with zero attached hydrogens (tertiary/aromatic N) is 1. The third-order valence-electron chi connectivity index (χ3n) is 2.45. The molecule has 0 aliphatic heterocycles. The maximum absolute atomic E-state index is 9.02. The number of nitrogens with one attached hydrogen (secondary N) is 1. The van der Waals surface area contributed by atoms with Gasteiger partial charge in [0.05, 0.1) is 17.6 Å². The predicted molar refractivity (Wildman–Crippen MR) is 62.4 cm³/mol. The molecule has 0 spiro atoms. The van der Waals surface area contributed by atoms with Crippen LogP contribution in [-0.4, -0.2) is 24.3 Å². The van der Waals surface area contributed by atoms with Crippen LogP contribution in [0.25, 0.3) is 0 Å². The highest BCUT2D eigenvalue weighted by atomic mass is 16.3. The second-order valence-corrected chi connectivity index (χ2v) is 4.84. The standard InChI is InChI=1S/C12H24N2O/c1-11(15)6-9-14-8-5-4-7-12(2,3)10-13/h11,14-15H,4-9H2,1-3H3. The summed E-state index contributed by atoms with van der Waals surface area (Å²) in [6.45, 7) is 7.62. The van der Waals surface area contributed by atoms with Gasteiger partial charge in [0.2, 0.25) is 0 Å². The topological polar surface area (TPSA) is 56.0 Å². The van der Waals surface area contributed by atoms with Gasteiger partial charge in [0.1, 0.15) is 0 Å². The minimum Gasteiger partial charge on any atom is -0.393 e. The van der Waals surface area contributed by atoms with Crippen LogP contribution in [0, 0.1) is 16.7 Å². The summed E-state index contributed by atoms with van der Waals surface area (Å²) in [5, 5.41) is 21.1. The molecule has 0 radical (unpaired) electrons. The Kier molecular flexibility index (Phi) is 7.37. The number of nitriles is 1. The largest absolute Gasteiger partial charge is 0.393 e. The summed E-state index contributed by atoms with van der Waals surface area (Å²) in [6.07, 6.45) is 3.74. The molecule has 0 aromatic heterocycles. The number of hydrogen-bond acceptors (Lipinski definition) is 3. The fourth-order valence-corrected chi connectivity index (χ4v) is 1.31. The second kappa shape index (κ2) is 7.67. The zero-order valence-electron chi connectivity index (χ0n) is 10.2. The minimum absolute atomic E-state index is 0.181. The molecule has 1 atom stereocenters. The lowest BCUT2D eigenvalue weighted by Crippen LogP contribution is -2.20. The lowest BCUT2D eigenvalue weighted by Gasteiger charge is -2.14. The number of rotatable bonds is 8. The Bertz CT molecular complexity index is 194. The van der Waals surface area contributed by atoms with Crippen molar-refractivity contribution < 1.29 is 5.11 Å². The number of hydrogen-bond donors (Lipinski definition) is 2. The average molecular weight is 212 g/mol. The summed E-state index contributed by atoms with van der Waals surface area (Å²) in [5.74, 6) is 0. The van der Waals surface area contributed by atoms with Crippen molar-refractivity contribution >= 4 is 0 Å². The van der Waals surface area contributed by atoms with Crippen LogP contribution in [0.15, 0.2) is 0 Å². The first kappa shape index (κ1) is 14.4. The van der Waals surface area contributed by atoms with E-state index in [0.717, 1.165) is 38.8 Å². The first-order chi connectivity index (χ1) is 6.98. The molecule has 88 valence electrons. The molecule has 1 unspecified atom stereocenters. The molecule has 0 saturated carbocycles. The van der Waals surface area contributed by atoms with Crippen LogP contribution in [-0.2, 0) is 0 Å². The van der Waals surface area contributed by atoms with Gasteiger partial charge in [-0.3, -0.25) is 0 Å². The van der Waals surface area contributed by atoms with E-state index >= 15 is 0 Å². The SMILES string of the molecule is CC(O)CCNCCCCC(C)(C)C#N. The third-order valence-corrected chi connectivity index (χ3v) is 2.45. The van der Waals surface area contributed by atoms with E-state index in [9.17, 15) is 0 Å². The first-order valence-corrected chi connectivity index (χ1v) is 5.78. The van der Waals surface area contributed by atoms with Crippen LogP contribution in [0.2, 0.25) is 0 Å². The van der Waals surface area contributed by atoms with E-state index in [1.54, 1.807) is 6.92 Å². The van der Waals surface area contributed by atoms with Gasteiger partial charge in [-0.1, -0.05) is 6.42 Å². The van der Waals surface area contributed by atoms with Gasteiger partial charge in [0.25, 0.3) is 0 Å². The molecular weight excluding hydrogens is 188 g/mol. The van der Waals surface area contributed by atoms with Crippen LogP contribution in [0.5, 0.6) is 0 Å². The lowest BCUT2D eigenvalue weighted by atomic mass is 9.89. The molecule has 2 N–H and O–H groups in total. The molecular formula is C12H24N2O. The Labute approximate surface area is 93.5 Å². The van der Waals surface area contributed by atoms with Crippen molar-refractivity contribution in [3.63, 3.8) is 0 Å². The molecule has 3 heteroatoms. The van der Waals surface area contributed by atoms with Crippen LogP contribution >= 0.6 is 0 Å². The van der Waals surface area contributed by atoms with Crippen LogP contribution in [0.4, 0.5) is 0 Å². The number of aliphatic hydroxyl groups is 1. The lowest BCUT2D eigenvalue weighted by molar-refractivity contribution is 0.184. The Morgan fingerprint density at radius 2 is 2.00 bits per heavy atom. The summed E-state index contributed by atoms with van der Waals surface area (Å²) in [7, 11) is 0. The van der Waals surface area contributed by atoms with Crippen molar-refractivity contribution in [1.82, 2.24) is 5.32 Å². The van der Waals surface area contributed by atoms with E-state index < -0.39 is 0 Å². The van der Waals surface area contributed by atoms with Crippen molar-refractivity contribution in [3.05, 3.63) is 0 Å². The van der Waals surface area contributed by atoms with Crippen molar-refractivity contribution in [1.29, 1.82) is 5.26 Å². The molecule has 0 bridgehead atoms. The van der Waals surface area contributed by atoms with Gasteiger partial charge >= 0.3 is 0 Å². The monoisotopic (exact) mass is 212 g/mol. The predicted octanol–water partition coefficient (Wildman–Crippen LogP) is 2.07. The quantitative estimate of drug-likeness (QED) is 0.606. The number of aliphatic hydroxyl groups excluding tert-OH is 1. The first-order valence-electron chi connectivity index (χ1n) is 5.78. The summed E-state index contributed by atoms with van der Waals surface area (Å²) in [4.78, 5) is 0. The van der Waals surface area contributed by atoms with E-state index in [1.165, 1.54) is 0 Å². The minimum atomic E-state index is -0.213. The van der Waals surface area contributed by atoms with E-state index in [-0.39, 0.29) is 11.5 Å². The molecule has 0 saturated heterocycles. The van der Waals surface area contributed by atoms with Crippen molar-refractivity contribution in [2.45, 2.75) is 52.6 Å². The van der Waals surface area contributed by atoms with Gasteiger partial charge in [0, 0.05) is 0 Å². The summed E-state index contributed by atoms with van der Waals surface area (Å²) < 4.78 is 0. The van der Waals surface area contributed by atoms with Crippen LogP contribution in [0.1, 0.15) is 46.5 Å². The molecule has 0 aromatic carbocycles. The van der Waals surface area contributed by atoms with Crippen molar-refractivity contribution in [2.24, 2.45) is 5.41 Å². The molecule has 0 aliphatic carbocycles. The van der Waals surface area contributed by atoms with Gasteiger partial charge in [-0.15, -0.1) is 0 Å².